The summed E-state index contributed by atoms with van der Waals surface area (Å²) in [5.41, 5.74) is 5.35. The lowest BCUT2D eigenvalue weighted by atomic mass is 10.2. The Bertz CT molecular complexity index is 521. The van der Waals surface area contributed by atoms with Crippen molar-refractivity contribution in [3.05, 3.63) is 24.0 Å². The number of rotatable bonds is 2. The van der Waals surface area contributed by atoms with Gasteiger partial charge in [-0.1, -0.05) is 6.07 Å². The van der Waals surface area contributed by atoms with Crippen LogP contribution in [0.5, 0.6) is 5.75 Å². The van der Waals surface area contributed by atoms with Crippen LogP contribution < -0.4 is 20.7 Å². The van der Waals surface area contributed by atoms with Crippen LogP contribution in [0.15, 0.2) is 18.2 Å². The van der Waals surface area contributed by atoms with E-state index >= 15 is 0 Å². The molecule has 2 rings (SSSR count). The molecule has 3 N–H and O–H groups in total. The first-order valence-electron chi connectivity index (χ1n) is 5.76. The molecule has 3 amide bonds. The Kier molecular flexibility index (Phi) is 3.55. The zero-order chi connectivity index (χ0) is 14.0. The molecule has 1 aliphatic heterocycles. The highest BCUT2D eigenvalue weighted by molar-refractivity contribution is 5.96. The van der Waals surface area contributed by atoms with E-state index in [-0.39, 0.29) is 18.4 Å². The molecule has 0 bridgehead atoms. The highest BCUT2D eigenvalue weighted by Gasteiger charge is 2.26. The summed E-state index contributed by atoms with van der Waals surface area (Å²) in [6.45, 7) is 2.10. The summed E-state index contributed by atoms with van der Waals surface area (Å²) >= 11 is 0. The van der Waals surface area contributed by atoms with Crippen LogP contribution in [-0.2, 0) is 4.79 Å². The summed E-state index contributed by atoms with van der Waals surface area (Å²) < 4.78 is 19.1. The van der Waals surface area contributed by atoms with E-state index in [4.69, 9.17) is 10.5 Å². The van der Waals surface area contributed by atoms with Gasteiger partial charge >= 0.3 is 6.03 Å². The van der Waals surface area contributed by atoms with Crippen molar-refractivity contribution < 1.29 is 18.7 Å². The lowest BCUT2D eigenvalue weighted by Crippen LogP contribution is -2.46. The highest BCUT2D eigenvalue weighted by Crippen LogP contribution is 2.35. The molecular weight excluding hydrogens is 253 g/mol. The van der Waals surface area contributed by atoms with Gasteiger partial charge in [-0.05, 0) is 19.1 Å². The fraction of sp³-hybridized carbons (Fsp3) is 0.333. The molecule has 1 aromatic carbocycles. The summed E-state index contributed by atoms with van der Waals surface area (Å²) in [6.07, 6.45) is -0.259. The van der Waals surface area contributed by atoms with Gasteiger partial charge in [0.05, 0.1) is 18.8 Å². The molecule has 0 aromatic heterocycles. The molecule has 0 radical (unpaired) electrons. The van der Waals surface area contributed by atoms with E-state index in [1.807, 2.05) is 5.32 Å². The Balaban J connectivity index is 2.21. The molecule has 0 unspecified atom stereocenters. The Morgan fingerprint density at radius 1 is 1.58 bits per heavy atom. The molecule has 0 saturated carbocycles. The maximum Gasteiger partial charge on any atom is 0.318 e. The Morgan fingerprint density at radius 3 is 3.00 bits per heavy atom. The lowest BCUT2D eigenvalue weighted by Gasteiger charge is -2.34. The fourth-order valence-electron chi connectivity index (χ4n) is 2.01. The van der Waals surface area contributed by atoms with Gasteiger partial charge in [0.25, 0.3) is 0 Å². The van der Waals surface area contributed by atoms with Gasteiger partial charge in [0.1, 0.15) is 6.10 Å². The van der Waals surface area contributed by atoms with Crippen molar-refractivity contribution in [2.75, 3.05) is 18.0 Å². The molecular formula is C12H14FN3O3. The first-order chi connectivity index (χ1) is 8.97. The van der Waals surface area contributed by atoms with Crippen LogP contribution in [0.4, 0.5) is 14.9 Å². The fourth-order valence-corrected chi connectivity index (χ4v) is 2.01. The van der Waals surface area contributed by atoms with Crippen LogP contribution in [0, 0.1) is 5.82 Å². The molecule has 1 heterocycles. The third kappa shape index (κ3) is 2.93. The number of imide groups is 1. The van der Waals surface area contributed by atoms with E-state index < -0.39 is 17.8 Å². The van der Waals surface area contributed by atoms with Gasteiger partial charge in [-0.3, -0.25) is 10.1 Å². The zero-order valence-corrected chi connectivity index (χ0v) is 10.4. The molecule has 7 heteroatoms. The van der Waals surface area contributed by atoms with Crippen molar-refractivity contribution in [2.45, 2.75) is 13.0 Å². The summed E-state index contributed by atoms with van der Waals surface area (Å²) in [4.78, 5) is 23.8. The van der Waals surface area contributed by atoms with Crippen LogP contribution in [0.25, 0.3) is 0 Å². The second-order valence-electron chi connectivity index (χ2n) is 4.31. The van der Waals surface area contributed by atoms with Crippen LogP contribution in [-0.4, -0.2) is 31.1 Å². The highest BCUT2D eigenvalue weighted by atomic mass is 19.1. The Morgan fingerprint density at radius 2 is 2.32 bits per heavy atom. The van der Waals surface area contributed by atoms with Crippen molar-refractivity contribution in [1.29, 1.82) is 0 Å². The second kappa shape index (κ2) is 5.13. The first kappa shape index (κ1) is 13.1. The minimum Gasteiger partial charge on any atom is -0.484 e. The number of hydrogen-bond donors (Lipinski definition) is 2. The predicted molar refractivity (Wildman–Crippen MR) is 66.4 cm³/mol. The number of carbonyl (C=O) groups is 2. The molecule has 102 valence electrons. The van der Waals surface area contributed by atoms with Gasteiger partial charge < -0.3 is 15.4 Å². The van der Waals surface area contributed by atoms with Gasteiger partial charge in [0.15, 0.2) is 11.6 Å². The number of carbonyl (C=O) groups excluding carboxylic acids is 2. The first-order valence-corrected chi connectivity index (χ1v) is 5.76. The number of hydrogen-bond acceptors (Lipinski definition) is 4. The standard InChI is InChI=1S/C12H14FN3O3/c1-7-5-16(6-10(17)15-12(14)18)9-4-2-3-8(13)11(9)19-7/h2-4,7H,5-6H2,1H3,(H3,14,15,17,18)/t7-/m0/s1. The number of nitrogens with two attached hydrogens (primary N) is 1. The zero-order valence-electron chi connectivity index (χ0n) is 10.4. The van der Waals surface area contributed by atoms with Gasteiger partial charge in [-0.25, -0.2) is 9.18 Å². The van der Waals surface area contributed by atoms with E-state index in [1.54, 1.807) is 17.9 Å². The molecule has 1 aliphatic rings. The van der Waals surface area contributed by atoms with Crippen molar-refractivity contribution >= 4 is 17.6 Å². The largest absolute Gasteiger partial charge is 0.484 e. The normalized spacial score (nSPS) is 17.4. The number of ether oxygens (including phenoxy) is 1. The van der Waals surface area contributed by atoms with E-state index in [2.05, 4.69) is 0 Å². The van der Waals surface area contributed by atoms with Crippen LogP contribution >= 0.6 is 0 Å². The van der Waals surface area contributed by atoms with Gasteiger partial charge in [0.2, 0.25) is 5.91 Å². The predicted octanol–water partition coefficient (Wildman–Crippen LogP) is 0.608. The molecule has 0 spiro atoms. The van der Waals surface area contributed by atoms with Crippen molar-refractivity contribution in [2.24, 2.45) is 5.73 Å². The van der Waals surface area contributed by atoms with E-state index in [0.717, 1.165) is 0 Å². The van der Waals surface area contributed by atoms with Gasteiger partial charge in [0, 0.05) is 0 Å². The molecule has 0 saturated heterocycles. The summed E-state index contributed by atoms with van der Waals surface area (Å²) in [7, 11) is 0. The number of halogens is 1. The SMILES string of the molecule is C[C@H]1CN(CC(=O)NC(N)=O)c2cccc(F)c2O1. The number of amides is 3. The van der Waals surface area contributed by atoms with Crippen molar-refractivity contribution in [3.63, 3.8) is 0 Å². The number of fused-ring (bicyclic) bond motifs is 1. The number of urea groups is 1. The minimum absolute atomic E-state index is 0.0902. The maximum atomic E-state index is 13.6. The van der Waals surface area contributed by atoms with Crippen LogP contribution in [0.1, 0.15) is 6.92 Å². The third-order valence-electron chi connectivity index (χ3n) is 2.68. The number of benzene rings is 1. The molecule has 0 aliphatic carbocycles. The quantitative estimate of drug-likeness (QED) is 0.822. The second-order valence-corrected chi connectivity index (χ2v) is 4.31. The average molecular weight is 267 g/mol. The maximum absolute atomic E-state index is 13.6. The van der Waals surface area contributed by atoms with Crippen molar-refractivity contribution in [3.8, 4) is 5.75 Å². The van der Waals surface area contributed by atoms with Crippen LogP contribution in [0.2, 0.25) is 0 Å². The Labute approximate surface area is 109 Å². The number of primary amides is 1. The smallest absolute Gasteiger partial charge is 0.318 e. The summed E-state index contributed by atoms with van der Waals surface area (Å²) in [6, 6.07) is 3.57. The minimum atomic E-state index is -0.911. The number of anilines is 1. The summed E-state index contributed by atoms with van der Waals surface area (Å²) in [5, 5.41) is 1.97. The lowest BCUT2D eigenvalue weighted by molar-refractivity contribution is -0.118. The molecule has 0 fully saturated rings. The van der Waals surface area contributed by atoms with E-state index in [9.17, 15) is 14.0 Å². The summed E-state index contributed by atoms with van der Waals surface area (Å²) in [5.74, 6) is -0.908. The number of nitrogens with one attached hydrogen (secondary N) is 1. The third-order valence-corrected chi connectivity index (χ3v) is 2.68. The monoisotopic (exact) mass is 267 g/mol. The number of nitrogens with zero attached hydrogens (tertiary/aromatic N) is 1. The molecule has 1 aromatic rings. The van der Waals surface area contributed by atoms with E-state index in [0.29, 0.717) is 12.2 Å². The average Bonchev–Trinajstić information content (AvgIpc) is 2.29. The number of para-hydroxylation sites is 1. The Hall–Kier alpha value is -2.31. The molecule has 19 heavy (non-hydrogen) atoms. The molecule has 6 nitrogen and oxygen atoms in total. The molecule has 1 atom stereocenters. The van der Waals surface area contributed by atoms with Crippen molar-refractivity contribution in [1.82, 2.24) is 5.32 Å². The van der Waals surface area contributed by atoms with Gasteiger partial charge in [-0.2, -0.15) is 0 Å². The van der Waals surface area contributed by atoms with E-state index in [1.165, 1.54) is 12.1 Å². The topological polar surface area (TPSA) is 84.7 Å². The van der Waals surface area contributed by atoms with Crippen LogP contribution in [0.3, 0.4) is 0 Å². The van der Waals surface area contributed by atoms with Gasteiger partial charge in [-0.15, -0.1) is 0 Å².